The number of rotatable bonds is 7. The first-order chi connectivity index (χ1) is 16.9. The van der Waals surface area contributed by atoms with Gasteiger partial charge in [-0.25, -0.2) is 0 Å². The molecule has 0 aromatic heterocycles. The van der Waals surface area contributed by atoms with Crippen LogP contribution in [0.3, 0.4) is 0 Å². The highest BCUT2D eigenvalue weighted by molar-refractivity contribution is 5.94. The van der Waals surface area contributed by atoms with Gasteiger partial charge in [0, 0.05) is 18.4 Å². The number of ether oxygens (including phenoxy) is 2. The molecule has 0 spiro atoms. The van der Waals surface area contributed by atoms with Crippen LogP contribution in [0.2, 0.25) is 0 Å². The molecule has 0 saturated carbocycles. The summed E-state index contributed by atoms with van der Waals surface area (Å²) in [6.07, 6.45) is 4.82. The number of carbonyl (C=O) groups is 1. The summed E-state index contributed by atoms with van der Waals surface area (Å²) in [5.41, 5.74) is 8.13. The van der Waals surface area contributed by atoms with Crippen molar-refractivity contribution in [2.45, 2.75) is 46.1 Å². The average Bonchev–Trinajstić information content (AvgIpc) is 2.86. The molecular formula is C31H31NO3. The number of Topliss-reactive ketones (excluding diaryl/α,β-unsaturated/α-hetero) is 1. The Morgan fingerprint density at radius 1 is 1.09 bits per heavy atom. The molecule has 0 atom stereocenters. The van der Waals surface area contributed by atoms with Crippen LogP contribution in [0.4, 0.5) is 0 Å². The van der Waals surface area contributed by atoms with Gasteiger partial charge < -0.3 is 9.47 Å². The predicted octanol–water partition coefficient (Wildman–Crippen LogP) is 6.94. The topological polar surface area (TPSA) is 59.3 Å². The molecular weight excluding hydrogens is 434 g/mol. The molecule has 0 radical (unpaired) electrons. The Labute approximate surface area is 207 Å². The van der Waals surface area contributed by atoms with Crippen molar-refractivity contribution < 1.29 is 14.3 Å². The minimum absolute atomic E-state index is 0.0824. The molecule has 1 heterocycles. The van der Waals surface area contributed by atoms with Crippen LogP contribution in [-0.2, 0) is 11.2 Å². The number of hydrogen-bond acceptors (Lipinski definition) is 4. The summed E-state index contributed by atoms with van der Waals surface area (Å²) in [6, 6.07) is 22.3. The van der Waals surface area contributed by atoms with E-state index in [2.05, 4.69) is 44.2 Å². The minimum atomic E-state index is 0.0824. The molecule has 4 nitrogen and oxygen atoms in total. The molecule has 4 heteroatoms. The third-order valence-corrected chi connectivity index (χ3v) is 6.49. The number of allylic oxidation sites excluding steroid dienone is 1. The molecule has 1 aliphatic heterocycles. The van der Waals surface area contributed by atoms with Gasteiger partial charge in [-0.05, 0) is 67.1 Å². The molecule has 1 saturated heterocycles. The van der Waals surface area contributed by atoms with Gasteiger partial charge in [0.05, 0.1) is 18.8 Å². The molecule has 35 heavy (non-hydrogen) atoms. The normalized spacial score (nSPS) is 14.4. The van der Waals surface area contributed by atoms with Gasteiger partial charge in [-0.1, -0.05) is 60.2 Å². The van der Waals surface area contributed by atoms with Gasteiger partial charge in [0.2, 0.25) is 0 Å². The van der Waals surface area contributed by atoms with Crippen LogP contribution >= 0.6 is 0 Å². The van der Waals surface area contributed by atoms with E-state index in [1.54, 1.807) is 6.92 Å². The first kappa shape index (κ1) is 24.4. The second-order valence-corrected chi connectivity index (χ2v) is 9.19. The zero-order chi connectivity index (χ0) is 24.8. The van der Waals surface area contributed by atoms with Crippen molar-refractivity contribution >= 4 is 11.9 Å². The second kappa shape index (κ2) is 11.2. The van der Waals surface area contributed by atoms with Crippen molar-refractivity contribution in [1.82, 2.24) is 0 Å². The van der Waals surface area contributed by atoms with Crippen molar-refractivity contribution in [3.05, 3.63) is 94.1 Å². The molecule has 1 aliphatic rings. The lowest BCUT2D eigenvalue weighted by Gasteiger charge is -2.24. The Balaban J connectivity index is 1.55. The first-order valence-corrected chi connectivity index (χ1v) is 12.1. The van der Waals surface area contributed by atoms with E-state index in [1.807, 2.05) is 42.5 Å². The Hall–Kier alpha value is -3.68. The van der Waals surface area contributed by atoms with Crippen molar-refractivity contribution in [3.63, 3.8) is 0 Å². The highest BCUT2D eigenvalue weighted by Gasteiger charge is 2.18. The molecule has 3 aromatic rings. The van der Waals surface area contributed by atoms with E-state index in [-0.39, 0.29) is 11.9 Å². The Bertz CT molecular complexity index is 1280. The fourth-order valence-electron chi connectivity index (χ4n) is 4.48. The zero-order valence-electron chi connectivity index (χ0n) is 20.6. The van der Waals surface area contributed by atoms with Gasteiger partial charge in [0.1, 0.15) is 17.9 Å². The van der Waals surface area contributed by atoms with E-state index >= 15 is 0 Å². The second-order valence-electron chi connectivity index (χ2n) is 9.19. The number of ketones is 1. The fourth-order valence-corrected chi connectivity index (χ4v) is 4.48. The van der Waals surface area contributed by atoms with Crippen molar-refractivity contribution in [3.8, 4) is 22.9 Å². The highest BCUT2D eigenvalue weighted by Crippen LogP contribution is 2.32. The molecule has 3 aromatic carbocycles. The van der Waals surface area contributed by atoms with Crippen molar-refractivity contribution in [2.24, 2.45) is 0 Å². The van der Waals surface area contributed by atoms with Crippen LogP contribution in [0.5, 0.6) is 5.75 Å². The van der Waals surface area contributed by atoms with Crippen LogP contribution in [-0.4, -0.2) is 25.1 Å². The van der Waals surface area contributed by atoms with Crippen LogP contribution in [0, 0.1) is 18.3 Å². The first-order valence-electron chi connectivity index (χ1n) is 12.1. The van der Waals surface area contributed by atoms with Gasteiger partial charge in [-0.2, -0.15) is 5.26 Å². The van der Waals surface area contributed by atoms with Crippen LogP contribution in [0.1, 0.15) is 59.3 Å². The Kier molecular flexibility index (Phi) is 7.80. The molecule has 0 amide bonds. The standard InChI is InChI=1S/C31H31NO3/c1-21(17-24-7-9-25(10-8-24)23(3)33)18-26-5-4-6-30(22(26)2)27-11-12-31(28(19-27)20-32)35-29-13-15-34-16-14-29/h4-12,18-19,29H,13-17H2,1-3H3/b21-18+. The van der Waals surface area contributed by atoms with Gasteiger partial charge in [-0.15, -0.1) is 0 Å². The molecule has 1 fully saturated rings. The van der Waals surface area contributed by atoms with E-state index in [0.717, 1.165) is 41.5 Å². The number of nitrogens with zero attached hydrogens (tertiary/aromatic N) is 1. The van der Waals surface area contributed by atoms with E-state index < -0.39 is 0 Å². The lowest BCUT2D eigenvalue weighted by Crippen LogP contribution is -2.26. The lowest BCUT2D eigenvalue weighted by atomic mass is 9.93. The van der Waals surface area contributed by atoms with E-state index in [0.29, 0.717) is 24.5 Å². The fraction of sp³-hybridized carbons (Fsp3) is 0.290. The summed E-state index contributed by atoms with van der Waals surface area (Å²) in [5, 5.41) is 9.77. The van der Waals surface area contributed by atoms with Crippen molar-refractivity contribution in [1.29, 1.82) is 5.26 Å². The summed E-state index contributed by atoms with van der Waals surface area (Å²) in [6.45, 7) is 7.23. The summed E-state index contributed by atoms with van der Waals surface area (Å²) in [7, 11) is 0. The van der Waals surface area contributed by atoms with Crippen LogP contribution < -0.4 is 4.74 Å². The Morgan fingerprint density at radius 3 is 2.51 bits per heavy atom. The third-order valence-electron chi connectivity index (χ3n) is 6.49. The summed E-state index contributed by atoms with van der Waals surface area (Å²) < 4.78 is 11.5. The monoisotopic (exact) mass is 465 g/mol. The number of carbonyl (C=O) groups excluding carboxylic acids is 1. The summed E-state index contributed by atoms with van der Waals surface area (Å²) >= 11 is 0. The molecule has 0 N–H and O–H groups in total. The summed E-state index contributed by atoms with van der Waals surface area (Å²) in [5.74, 6) is 0.725. The van der Waals surface area contributed by atoms with E-state index in [1.165, 1.54) is 16.7 Å². The Morgan fingerprint density at radius 2 is 1.83 bits per heavy atom. The number of hydrogen-bond donors (Lipinski definition) is 0. The minimum Gasteiger partial charge on any atom is -0.489 e. The number of nitriles is 1. The molecule has 0 aliphatic carbocycles. The number of benzene rings is 3. The molecule has 0 bridgehead atoms. The maximum Gasteiger partial charge on any atom is 0.159 e. The highest BCUT2D eigenvalue weighted by atomic mass is 16.5. The quantitative estimate of drug-likeness (QED) is 0.355. The lowest BCUT2D eigenvalue weighted by molar-refractivity contribution is 0.0254. The van der Waals surface area contributed by atoms with Gasteiger partial charge >= 0.3 is 0 Å². The van der Waals surface area contributed by atoms with Crippen LogP contribution in [0.25, 0.3) is 17.2 Å². The van der Waals surface area contributed by atoms with Gasteiger partial charge in [0.15, 0.2) is 5.78 Å². The van der Waals surface area contributed by atoms with Gasteiger partial charge in [0.25, 0.3) is 0 Å². The molecule has 178 valence electrons. The largest absolute Gasteiger partial charge is 0.489 e. The smallest absolute Gasteiger partial charge is 0.159 e. The molecule has 4 rings (SSSR count). The average molecular weight is 466 g/mol. The maximum absolute atomic E-state index is 11.5. The third kappa shape index (κ3) is 6.07. The summed E-state index contributed by atoms with van der Waals surface area (Å²) in [4.78, 5) is 11.5. The van der Waals surface area contributed by atoms with Crippen LogP contribution in [0.15, 0.2) is 66.2 Å². The zero-order valence-corrected chi connectivity index (χ0v) is 20.6. The van der Waals surface area contributed by atoms with Crippen molar-refractivity contribution in [2.75, 3.05) is 13.2 Å². The SMILES string of the molecule is CC(=O)c1ccc(C/C(C)=C/c2cccc(-c3ccc(OC4CCOCC4)c(C#N)c3)c2C)cc1. The predicted molar refractivity (Wildman–Crippen MR) is 140 cm³/mol. The van der Waals surface area contributed by atoms with E-state index in [4.69, 9.17) is 9.47 Å². The van der Waals surface area contributed by atoms with E-state index in [9.17, 15) is 10.1 Å². The molecule has 0 unspecified atom stereocenters. The maximum atomic E-state index is 11.5. The van der Waals surface area contributed by atoms with Gasteiger partial charge in [-0.3, -0.25) is 4.79 Å².